The highest BCUT2D eigenvalue weighted by atomic mass is 35.5. The van der Waals surface area contributed by atoms with E-state index in [2.05, 4.69) is 5.32 Å². The summed E-state index contributed by atoms with van der Waals surface area (Å²) in [5.74, 6) is -0.732. The van der Waals surface area contributed by atoms with Gasteiger partial charge in [-0.15, -0.1) is 11.3 Å². The number of hydrogen-bond donors (Lipinski definition) is 1. The van der Waals surface area contributed by atoms with E-state index in [1.54, 1.807) is 30.4 Å². The van der Waals surface area contributed by atoms with E-state index in [1.165, 1.54) is 4.88 Å². The monoisotopic (exact) mass is 365 g/mol. The van der Waals surface area contributed by atoms with E-state index in [9.17, 15) is 9.59 Å². The van der Waals surface area contributed by atoms with Crippen molar-refractivity contribution >= 4 is 40.5 Å². The quantitative estimate of drug-likeness (QED) is 0.729. The van der Waals surface area contributed by atoms with Crippen LogP contribution in [0, 0.1) is 6.92 Å². The maximum absolute atomic E-state index is 12.1. The number of carbonyl (C=O) groups is 2. The topological polar surface area (TPSA) is 55.4 Å². The molecule has 0 radical (unpaired) electrons. The number of carbonyl (C=O) groups excluding carboxylic acids is 2. The van der Waals surface area contributed by atoms with E-state index in [-0.39, 0.29) is 11.9 Å². The van der Waals surface area contributed by atoms with Crippen LogP contribution in [0.15, 0.2) is 35.7 Å². The molecular weight excluding hydrogens is 346 g/mol. The van der Waals surface area contributed by atoms with Crippen LogP contribution >= 0.6 is 22.9 Å². The Labute approximate surface area is 150 Å². The summed E-state index contributed by atoms with van der Waals surface area (Å²) in [6, 6.07) is 9.27. The Kier molecular flexibility index (Phi) is 6.82. The van der Waals surface area contributed by atoms with Gasteiger partial charge in [0.25, 0.3) is 5.91 Å². The van der Waals surface area contributed by atoms with Crippen LogP contribution in [0.4, 0.5) is 5.69 Å². The fraction of sp³-hybridized carbons (Fsp3) is 0.333. The summed E-state index contributed by atoms with van der Waals surface area (Å²) in [5.41, 5.74) is 1.51. The maximum Gasteiger partial charge on any atom is 0.306 e. The largest absolute Gasteiger partial charge is 0.453 e. The van der Waals surface area contributed by atoms with Crippen molar-refractivity contribution in [2.45, 2.75) is 39.2 Å². The fourth-order valence-electron chi connectivity index (χ4n) is 2.13. The highest BCUT2D eigenvalue weighted by Crippen LogP contribution is 2.20. The van der Waals surface area contributed by atoms with Gasteiger partial charge in [-0.1, -0.05) is 23.7 Å². The molecule has 2 rings (SSSR count). The van der Waals surface area contributed by atoms with E-state index < -0.39 is 6.10 Å². The van der Waals surface area contributed by atoms with Crippen molar-refractivity contribution in [1.29, 1.82) is 0 Å². The first-order valence-corrected chi connectivity index (χ1v) is 9.00. The van der Waals surface area contributed by atoms with Crippen LogP contribution in [0.5, 0.6) is 0 Å². The van der Waals surface area contributed by atoms with Crippen molar-refractivity contribution < 1.29 is 14.3 Å². The lowest BCUT2D eigenvalue weighted by atomic mass is 10.2. The number of amides is 1. The average Bonchev–Trinajstić information content (AvgIpc) is 3.04. The second-order valence-corrected chi connectivity index (χ2v) is 6.98. The lowest BCUT2D eigenvalue weighted by molar-refractivity contribution is -0.153. The first kappa shape index (κ1) is 18.5. The standard InChI is InChI=1S/C18H20ClNO3S/c1-12-8-9-14(19)11-16(12)20-18(22)13(2)23-17(21)7-3-5-15-6-4-10-24-15/h4,6,8-11,13H,3,5,7H2,1-2H3,(H,20,22)/t13-/m0/s1. The highest BCUT2D eigenvalue weighted by Gasteiger charge is 2.18. The zero-order chi connectivity index (χ0) is 17.5. The lowest BCUT2D eigenvalue weighted by Gasteiger charge is -2.15. The van der Waals surface area contributed by atoms with Crippen molar-refractivity contribution in [3.63, 3.8) is 0 Å². The van der Waals surface area contributed by atoms with E-state index in [4.69, 9.17) is 16.3 Å². The molecule has 2 aromatic rings. The summed E-state index contributed by atoms with van der Waals surface area (Å²) in [6.07, 6.45) is 1.000. The molecule has 1 aromatic heterocycles. The maximum atomic E-state index is 12.1. The number of rotatable bonds is 7. The van der Waals surface area contributed by atoms with Gasteiger partial charge in [-0.2, -0.15) is 0 Å². The molecule has 0 aliphatic rings. The van der Waals surface area contributed by atoms with Crippen molar-refractivity contribution in [1.82, 2.24) is 0 Å². The van der Waals surface area contributed by atoms with E-state index in [0.717, 1.165) is 12.0 Å². The molecule has 24 heavy (non-hydrogen) atoms. The number of thiophene rings is 1. The normalized spacial score (nSPS) is 11.8. The summed E-state index contributed by atoms with van der Waals surface area (Å²) >= 11 is 7.60. The smallest absolute Gasteiger partial charge is 0.306 e. The molecule has 0 fully saturated rings. The van der Waals surface area contributed by atoms with Gasteiger partial charge in [0, 0.05) is 22.0 Å². The molecule has 0 saturated carbocycles. The molecule has 0 aliphatic heterocycles. The summed E-state index contributed by atoms with van der Waals surface area (Å²) in [6.45, 7) is 3.43. The van der Waals surface area contributed by atoms with Gasteiger partial charge in [0.15, 0.2) is 6.10 Å². The Morgan fingerprint density at radius 3 is 2.83 bits per heavy atom. The molecular formula is C18H20ClNO3S. The SMILES string of the molecule is Cc1ccc(Cl)cc1NC(=O)[C@H](C)OC(=O)CCCc1cccs1. The van der Waals surface area contributed by atoms with E-state index in [1.807, 2.05) is 30.5 Å². The number of nitrogens with one attached hydrogen (secondary N) is 1. The zero-order valence-electron chi connectivity index (χ0n) is 13.7. The number of halogens is 1. The summed E-state index contributed by atoms with van der Waals surface area (Å²) in [4.78, 5) is 25.2. The minimum Gasteiger partial charge on any atom is -0.453 e. The molecule has 128 valence electrons. The predicted molar refractivity (Wildman–Crippen MR) is 97.6 cm³/mol. The fourth-order valence-corrected chi connectivity index (χ4v) is 3.06. The van der Waals surface area contributed by atoms with Gasteiger partial charge in [-0.3, -0.25) is 9.59 Å². The predicted octanol–water partition coefficient (Wildman–Crippen LogP) is 4.60. The molecule has 1 aromatic carbocycles. The van der Waals surface area contributed by atoms with Crippen molar-refractivity contribution in [3.05, 3.63) is 51.2 Å². The summed E-state index contributed by atoms with van der Waals surface area (Å²) in [7, 11) is 0. The number of ether oxygens (including phenoxy) is 1. The Hall–Kier alpha value is -1.85. The molecule has 0 bridgehead atoms. The van der Waals surface area contributed by atoms with Gasteiger partial charge in [0.2, 0.25) is 0 Å². The Balaban J connectivity index is 1.78. The van der Waals surface area contributed by atoms with Gasteiger partial charge in [-0.25, -0.2) is 0 Å². The van der Waals surface area contributed by atoms with Crippen LogP contribution in [-0.4, -0.2) is 18.0 Å². The Morgan fingerprint density at radius 1 is 1.33 bits per heavy atom. The number of esters is 1. The van der Waals surface area contributed by atoms with Crippen LogP contribution in [-0.2, 0) is 20.7 Å². The molecule has 1 atom stereocenters. The highest BCUT2D eigenvalue weighted by molar-refractivity contribution is 7.09. The number of benzene rings is 1. The molecule has 0 unspecified atom stereocenters. The van der Waals surface area contributed by atoms with E-state index >= 15 is 0 Å². The van der Waals surface area contributed by atoms with Crippen LogP contribution in [0.2, 0.25) is 5.02 Å². The van der Waals surface area contributed by atoms with Gasteiger partial charge < -0.3 is 10.1 Å². The van der Waals surface area contributed by atoms with Gasteiger partial charge in [0.05, 0.1) is 0 Å². The van der Waals surface area contributed by atoms with Crippen molar-refractivity contribution in [2.75, 3.05) is 5.32 Å². The van der Waals surface area contributed by atoms with Crippen molar-refractivity contribution in [3.8, 4) is 0 Å². The Bertz CT molecular complexity index is 700. The van der Waals surface area contributed by atoms with Gasteiger partial charge >= 0.3 is 5.97 Å². The van der Waals surface area contributed by atoms with E-state index in [0.29, 0.717) is 23.6 Å². The number of anilines is 1. The van der Waals surface area contributed by atoms with Gasteiger partial charge in [-0.05, 0) is 55.8 Å². The summed E-state index contributed by atoms with van der Waals surface area (Å²) in [5, 5.41) is 5.28. The lowest BCUT2D eigenvalue weighted by Crippen LogP contribution is -2.30. The third kappa shape index (κ3) is 5.65. The number of hydrogen-bond acceptors (Lipinski definition) is 4. The molecule has 1 amide bonds. The molecule has 0 saturated heterocycles. The van der Waals surface area contributed by atoms with Crippen LogP contribution in [0.25, 0.3) is 0 Å². The first-order chi connectivity index (χ1) is 11.5. The second-order valence-electron chi connectivity index (χ2n) is 5.51. The van der Waals surface area contributed by atoms with Gasteiger partial charge in [0.1, 0.15) is 0 Å². The molecule has 1 heterocycles. The number of aryl methyl sites for hydroxylation is 2. The summed E-state index contributed by atoms with van der Waals surface area (Å²) < 4.78 is 5.19. The molecule has 4 nitrogen and oxygen atoms in total. The van der Waals surface area contributed by atoms with Crippen molar-refractivity contribution in [2.24, 2.45) is 0 Å². The minimum absolute atomic E-state index is 0.297. The van der Waals surface area contributed by atoms with Crippen LogP contribution < -0.4 is 5.32 Å². The third-order valence-electron chi connectivity index (χ3n) is 3.52. The first-order valence-electron chi connectivity index (χ1n) is 7.74. The van der Waals surface area contributed by atoms with Crippen LogP contribution in [0.3, 0.4) is 0 Å². The Morgan fingerprint density at radius 2 is 2.12 bits per heavy atom. The molecule has 0 aliphatic carbocycles. The molecule has 0 spiro atoms. The zero-order valence-corrected chi connectivity index (χ0v) is 15.2. The average molecular weight is 366 g/mol. The molecule has 6 heteroatoms. The minimum atomic E-state index is -0.849. The molecule has 1 N–H and O–H groups in total. The van der Waals surface area contributed by atoms with Crippen LogP contribution in [0.1, 0.15) is 30.2 Å². The second kappa shape index (κ2) is 8.85. The third-order valence-corrected chi connectivity index (χ3v) is 4.69.